The molecule has 0 saturated heterocycles. The second kappa shape index (κ2) is 6.96. The number of aromatic carboxylic acids is 1. The number of carboxylic acids is 1. The van der Waals surface area contributed by atoms with Gasteiger partial charge in [-0.15, -0.1) is 0 Å². The number of aromatic nitrogens is 1. The average Bonchev–Trinajstić information content (AvgIpc) is 2.42. The quantitative estimate of drug-likeness (QED) is 0.840. The molecule has 1 aliphatic rings. The largest absolute Gasteiger partial charge is 0.477 e. The van der Waals surface area contributed by atoms with Gasteiger partial charge in [0.05, 0.1) is 0 Å². The minimum absolute atomic E-state index is 0.131. The van der Waals surface area contributed by atoms with Crippen molar-refractivity contribution >= 4 is 5.97 Å². The summed E-state index contributed by atoms with van der Waals surface area (Å²) in [5.74, 6) is -1.14. The number of aliphatic hydroxyl groups excluding tert-OH is 1. The lowest BCUT2D eigenvalue weighted by Crippen LogP contribution is -2.29. The van der Waals surface area contributed by atoms with E-state index in [1.807, 2.05) is 0 Å². The zero-order valence-electron chi connectivity index (χ0n) is 10.5. The molecule has 18 heavy (non-hydrogen) atoms. The van der Waals surface area contributed by atoms with Crippen LogP contribution in [0.4, 0.5) is 0 Å². The molecular formula is C13H19NO4. The highest BCUT2D eigenvalue weighted by molar-refractivity contribution is 5.86. The van der Waals surface area contributed by atoms with Gasteiger partial charge in [-0.25, -0.2) is 4.79 Å². The van der Waals surface area contributed by atoms with Crippen LogP contribution in [0.2, 0.25) is 0 Å². The lowest BCUT2D eigenvalue weighted by molar-refractivity contribution is 0.0693. The van der Waals surface area contributed by atoms with Gasteiger partial charge in [0.15, 0.2) is 0 Å². The van der Waals surface area contributed by atoms with E-state index in [2.05, 4.69) is 0 Å². The summed E-state index contributed by atoms with van der Waals surface area (Å²) in [5, 5.41) is 15.9. The lowest BCUT2D eigenvalue weighted by atomic mass is 9.95. The van der Waals surface area contributed by atoms with Crippen LogP contribution >= 0.6 is 0 Å². The molecule has 1 aromatic rings. The van der Waals surface area contributed by atoms with Crippen LogP contribution in [0.25, 0.3) is 0 Å². The standard InChI is InChI=1S/C12H15NO3.CH4O/c14-11-10(12(15)16)7-4-8-13(11)9-5-2-1-3-6-9;1-2/h4,7-9H,1-3,5-6H2,(H,15,16);2H,1H3. The first-order chi connectivity index (χ1) is 8.70. The van der Waals surface area contributed by atoms with Gasteiger partial charge in [-0.05, 0) is 25.0 Å². The number of carboxylic acid groups (broad SMARTS) is 1. The minimum atomic E-state index is -1.14. The van der Waals surface area contributed by atoms with Crippen LogP contribution in [0.1, 0.15) is 48.5 Å². The summed E-state index contributed by atoms with van der Waals surface area (Å²) in [5.41, 5.74) is -0.505. The van der Waals surface area contributed by atoms with Crippen molar-refractivity contribution in [2.75, 3.05) is 7.11 Å². The SMILES string of the molecule is CO.O=C(O)c1cccn(C2CCCCC2)c1=O. The molecule has 1 aliphatic carbocycles. The first-order valence-electron chi connectivity index (χ1n) is 6.09. The molecule has 5 nitrogen and oxygen atoms in total. The van der Waals surface area contributed by atoms with E-state index >= 15 is 0 Å². The van der Waals surface area contributed by atoms with Gasteiger partial charge in [0, 0.05) is 19.3 Å². The minimum Gasteiger partial charge on any atom is -0.477 e. The fourth-order valence-electron chi connectivity index (χ4n) is 2.32. The molecule has 1 saturated carbocycles. The van der Waals surface area contributed by atoms with Gasteiger partial charge in [0.25, 0.3) is 5.56 Å². The van der Waals surface area contributed by atoms with Crippen molar-refractivity contribution in [1.82, 2.24) is 4.57 Å². The predicted molar refractivity (Wildman–Crippen MR) is 67.9 cm³/mol. The highest BCUT2D eigenvalue weighted by Gasteiger charge is 2.18. The maximum absolute atomic E-state index is 11.9. The molecule has 0 radical (unpaired) electrons. The number of nitrogens with zero attached hydrogens (tertiary/aromatic N) is 1. The molecule has 0 spiro atoms. The normalized spacial score (nSPS) is 15.7. The molecule has 0 atom stereocenters. The molecule has 100 valence electrons. The highest BCUT2D eigenvalue weighted by Crippen LogP contribution is 2.26. The first-order valence-corrected chi connectivity index (χ1v) is 6.09. The van der Waals surface area contributed by atoms with Gasteiger partial charge in [0.1, 0.15) is 5.56 Å². The number of rotatable bonds is 2. The molecule has 1 aromatic heterocycles. The fourth-order valence-corrected chi connectivity index (χ4v) is 2.32. The molecule has 5 heteroatoms. The number of pyridine rings is 1. The van der Waals surface area contributed by atoms with Crippen molar-refractivity contribution in [3.63, 3.8) is 0 Å². The molecule has 0 aromatic carbocycles. The predicted octanol–water partition coefficient (Wildman–Crippen LogP) is 1.66. The Balaban J connectivity index is 0.000000771. The Morgan fingerprint density at radius 3 is 2.44 bits per heavy atom. The monoisotopic (exact) mass is 253 g/mol. The Kier molecular flexibility index (Phi) is 5.58. The number of hydrogen-bond donors (Lipinski definition) is 2. The fraction of sp³-hybridized carbons (Fsp3) is 0.538. The number of carbonyl (C=O) groups is 1. The Morgan fingerprint density at radius 1 is 1.28 bits per heavy atom. The van der Waals surface area contributed by atoms with Crippen LogP contribution in [0.5, 0.6) is 0 Å². The molecular weight excluding hydrogens is 234 g/mol. The molecule has 0 unspecified atom stereocenters. The Labute approximate surface area is 106 Å². The van der Waals surface area contributed by atoms with Gasteiger partial charge in [-0.2, -0.15) is 0 Å². The summed E-state index contributed by atoms with van der Waals surface area (Å²) in [6.45, 7) is 0. The number of hydrogen-bond acceptors (Lipinski definition) is 3. The summed E-state index contributed by atoms with van der Waals surface area (Å²) in [4.78, 5) is 22.7. The second-order valence-electron chi connectivity index (χ2n) is 4.23. The van der Waals surface area contributed by atoms with E-state index in [0.29, 0.717) is 0 Å². The highest BCUT2D eigenvalue weighted by atomic mass is 16.4. The van der Waals surface area contributed by atoms with Crippen LogP contribution in [0.3, 0.4) is 0 Å². The molecule has 2 rings (SSSR count). The van der Waals surface area contributed by atoms with Gasteiger partial charge in [0.2, 0.25) is 0 Å². The number of aliphatic hydroxyl groups is 1. The smallest absolute Gasteiger partial charge is 0.341 e. The van der Waals surface area contributed by atoms with E-state index in [1.54, 1.807) is 16.8 Å². The van der Waals surface area contributed by atoms with Crippen LogP contribution in [-0.4, -0.2) is 27.9 Å². The summed E-state index contributed by atoms with van der Waals surface area (Å²) >= 11 is 0. The van der Waals surface area contributed by atoms with Gasteiger partial charge < -0.3 is 14.8 Å². The van der Waals surface area contributed by atoms with Gasteiger partial charge in [-0.3, -0.25) is 4.79 Å². The maximum atomic E-state index is 11.9. The summed E-state index contributed by atoms with van der Waals surface area (Å²) in [7, 11) is 1.00. The Morgan fingerprint density at radius 2 is 1.89 bits per heavy atom. The molecule has 0 bridgehead atoms. The third-order valence-corrected chi connectivity index (χ3v) is 3.17. The molecule has 1 heterocycles. The summed E-state index contributed by atoms with van der Waals surface area (Å²) < 4.78 is 1.59. The average molecular weight is 253 g/mol. The van der Waals surface area contributed by atoms with Crippen molar-refractivity contribution in [2.45, 2.75) is 38.1 Å². The Hall–Kier alpha value is -1.62. The second-order valence-corrected chi connectivity index (χ2v) is 4.23. The van der Waals surface area contributed by atoms with Crippen molar-refractivity contribution in [1.29, 1.82) is 0 Å². The van der Waals surface area contributed by atoms with Crippen molar-refractivity contribution in [3.05, 3.63) is 34.2 Å². The van der Waals surface area contributed by atoms with Crippen LogP contribution < -0.4 is 5.56 Å². The maximum Gasteiger partial charge on any atom is 0.341 e. The molecule has 0 amide bonds. The summed E-state index contributed by atoms with van der Waals surface area (Å²) in [6, 6.07) is 3.18. The van der Waals surface area contributed by atoms with Crippen LogP contribution in [0.15, 0.2) is 23.1 Å². The van der Waals surface area contributed by atoms with E-state index in [-0.39, 0.29) is 17.2 Å². The van der Waals surface area contributed by atoms with E-state index < -0.39 is 5.97 Å². The third kappa shape index (κ3) is 3.20. The van der Waals surface area contributed by atoms with Crippen LogP contribution in [-0.2, 0) is 0 Å². The molecule has 1 fully saturated rings. The van der Waals surface area contributed by atoms with Gasteiger partial charge >= 0.3 is 5.97 Å². The van der Waals surface area contributed by atoms with Crippen molar-refractivity contribution in [2.24, 2.45) is 0 Å². The van der Waals surface area contributed by atoms with E-state index in [0.717, 1.165) is 32.8 Å². The van der Waals surface area contributed by atoms with E-state index in [1.165, 1.54) is 12.5 Å². The zero-order chi connectivity index (χ0) is 13.5. The van der Waals surface area contributed by atoms with Gasteiger partial charge in [-0.1, -0.05) is 19.3 Å². The topological polar surface area (TPSA) is 79.5 Å². The van der Waals surface area contributed by atoms with E-state index in [9.17, 15) is 9.59 Å². The first kappa shape index (κ1) is 14.4. The lowest BCUT2D eigenvalue weighted by Gasteiger charge is -2.23. The van der Waals surface area contributed by atoms with Crippen molar-refractivity contribution < 1.29 is 15.0 Å². The van der Waals surface area contributed by atoms with Crippen LogP contribution in [0, 0.1) is 0 Å². The molecule has 0 aliphatic heterocycles. The summed E-state index contributed by atoms with van der Waals surface area (Å²) in [6.07, 6.45) is 7.10. The third-order valence-electron chi connectivity index (χ3n) is 3.17. The van der Waals surface area contributed by atoms with Crippen molar-refractivity contribution in [3.8, 4) is 0 Å². The zero-order valence-corrected chi connectivity index (χ0v) is 10.5. The van der Waals surface area contributed by atoms with E-state index in [4.69, 9.17) is 10.2 Å². The Bertz CT molecular complexity index is 447. The molecule has 2 N–H and O–H groups in total.